The maximum Gasteiger partial charge on any atom is 0.0532 e. The molecule has 0 spiro atoms. The van der Waals surface area contributed by atoms with Gasteiger partial charge in [-0.1, -0.05) is 73.5 Å². The third-order valence-electron chi connectivity index (χ3n) is 4.03. The van der Waals surface area contributed by atoms with Crippen LogP contribution < -0.4 is 0 Å². The average molecular weight is 282 g/mol. The van der Waals surface area contributed by atoms with Gasteiger partial charge in [0.25, 0.3) is 0 Å². The van der Waals surface area contributed by atoms with Crippen LogP contribution in [0.2, 0.25) is 0 Å². The topological polar surface area (TPSA) is 9.23 Å². The van der Waals surface area contributed by atoms with Crippen LogP contribution in [0, 0.1) is 13.8 Å². The van der Waals surface area contributed by atoms with E-state index >= 15 is 0 Å². The second-order valence-electron chi connectivity index (χ2n) is 6.16. The number of ether oxygens (including phenoxy) is 1. The Bertz CT molecular complexity index is 488. The molecule has 0 aromatic heterocycles. The molecule has 0 amide bonds. The zero-order chi connectivity index (χ0) is 15.2. The van der Waals surface area contributed by atoms with Crippen molar-refractivity contribution < 1.29 is 4.74 Å². The van der Waals surface area contributed by atoms with Gasteiger partial charge in [-0.2, -0.15) is 0 Å². The maximum atomic E-state index is 5.93. The van der Waals surface area contributed by atoms with Crippen molar-refractivity contribution in [2.45, 2.75) is 39.5 Å². The molecule has 2 atom stereocenters. The van der Waals surface area contributed by atoms with E-state index in [1.807, 2.05) is 0 Å². The lowest BCUT2D eigenvalue weighted by molar-refractivity contribution is 0.113. The van der Waals surface area contributed by atoms with Gasteiger partial charge >= 0.3 is 0 Å². The molecule has 0 N–H and O–H groups in total. The highest BCUT2D eigenvalue weighted by atomic mass is 16.5. The van der Waals surface area contributed by atoms with Crippen molar-refractivity contribution in [2.24, 2.45) is 0 Å². The second kappa shape index (κ2) is 7.42. The summed E-state index contributed by atoms with van der Waals surface area (Å²) in [5.41, 5.74) is 5.31. The molecule has 0 aliphatic rings. The van der Waals surface area contributed by atoms with Gasteiger partial charge in [-0.05, 0) is 25.0 Å². The first-order chi connectivity index (χ1) is 10.1. The monoisotopic (exact) mass is 282 g/mol. The Labute approximate surface area is 129 Å². The molecule has 21 heavy (non-hydrogen) atoms. The Hall–Kier alpha value is -1.60. The number of benzene rings is 2. The zero-order valence-electron chi connectivity index (χ0n) is 13.6. The largest absolute Gasteiger partial charge is 0.380 e. The summed E-state index contributed by atoms with van der Waals surface area (Å²) in [5, 5.41) is 0. The van der Waals surface area contributed by atoms with E-state index < -0.39 is 0 Å². The van der Waals surface area contributed by atoms with Crippen LogP contribution in [0.1, 0.15) is 47.9 Å². The Morgan fingerprint density at radius 3 is 1.33 bits per heavy atom. The summed E-state index contributed by atoms with van der Waals surface area (Å²) in [5.74, 6) is 0.881. The van der Waals surface area contributed by atoms with Crippen molar-refractivity contribution in [1.82, 2.24) is 0 Å². The van der Waals surface area contributed by atoms with E-state index in [9.17, 15) is 0 Å². The van der Waals surface area contributed by atoms with Crippen molar-refractivity contribution in [3.8, 4) is 0 Å². The molecule has 0 heterocycles. The molecule has 1 nitrogen and oxygen atoms in total. The summed E-state index contributed by atoms with van der Waals surface area (Å²) in [6.45, 7) is 10.2. The van der Waals surface area contributed by atoms with Crippen LogP contribution in [0.3, 0.4) is 0 Å². The molecular formula is C20H26O. The summed E-state index contributed by atoms with van der Waals surface area (Å²) in [6, 6.07) is 17.5. The van der Waals surface area contributed by atoms with E-state index in [0.29, 0.717) is 11.8 Å². The van der Waals surface area contributed by atoms with Gasteiger partial charge in [0, 0.05) is 11.8 Å². The lowest BCUT2D eigenvalue weighted by Gasteiger charge is -2.16. The van der Waals surface area contributed by atoms with Gasteiger partial charge in [-0.25, -0.2) is 0 Å². The fraction of sp³-hybridized carbons (Fsp3) is 0.400. The van der Waals surface area contributed by atoms with Gasteiger partial charge in [0.1, 0.15) is 0 Å². The van der Waals surface area contributed by atoms with E-state index in [0.717, 1.165) is 13.2 Å². The van der Waals surface area contributed by atoms with Crippen LogP contribution in [0.25, 0.3) is 0 Å². The van der Waals surface area contributed by atoms with Crippen LogP contribution >= 0.6 is 0 Å². The van der Waals surface area contributed by atoms with Gasteiger partial charge in [0.2, 0.25) is 0 Å². The fourth-order valence-corrected chi connectivity index (χ4v) is 2.40. The molecule has 0 fully saturated rings. The number of rotatable bonds is 6. The smallest absolute Gasteiger partial charge is 0.0532 e. The van der Waals surface area contributed by atoms with E-state index in [4.69, 9.17) is 4.74 Å². The summed E-state index contributed by atoms with van der Waals surface area (Å²) in [4.78, 5) is 0. The van der Waals surface area contributed by atoms with E-state index in [1.165, 1.54) is 22.3 Å². The highest BCUT2D eigenvalue weighted by Crippen LogP contribution is 2.19. The Morgan fingerprint density at radius 1 is 0.667 bits per heavy atom. The number of aryl methyl sites for hydroxylation is 2. The molecule has 0 aliphatic heterocycles. The van der Waals surface area contributed by atoms with E-state index in [1.54, 1.807) is 0 Å². The molecule has 0 saturated heterocycles. The Kier molecular flexibility index (Phi) is 5.58. The van der Waals surface area contributed by atoms with E-state index in [2.05, 4.69) is 76.2 Å². The number of hydrogen-bond donors (Lipinski definition) is 0. The maximum absolute atomic E-state index is 5.93. The molecule has 0 radical (unpaired) electrons. The van der Waals surface area contributed by atoms with Gasteiger partial charge in [0.15, 0.2) is 0 Å². The minimum atomic E-state index is 0.441. The van der Waals surface area contributed by atoms with Crippen LogP contribution in [-0.2, 0) is 4.74 Å². The quantitative estimate of drug-likeness (QED) is 0.705. The zero-order valence-corrected chi connectivity index (χ0v) is 13.6. The minimum absolute atomic E-state index is 0.441. The van der Waals surface area contributed by atoms with Crippen molar-refractivity contribution in [3.05, 3.63) is 70.8 Å². The Balaban J connectivity index is 1.80. The van der Waals surface area contributed by atoms with Gasteiger partial charge < -0.3 is 4.74 Å². The summed E-state index contributed by atoms with van der Waals surface area (Å²) < 4.78 is 5.93. The van der Waals surface area contributed by atoms with Crippen molar-refractivity contribution in [2.75, 3.05) is 13.2 Å². The first-order valence-electron chi connectivity index (χ1n) is 7.77. The SMILES string of the molecule is Cc1ccc(C(C)COCC(C)c2ccc(C)cc2)cc1. The van der Waals surface area contributed by atoms with Gasteiger partial charge in [-0.15, -0.1) is 0 Å². The highest BCUT2D eigenvalue weighted by molar-refractivity contribution is 5.25. The molecule has 2 aromatic carbocycles. The lowest BCUT2D eigenvalue weighted by Crippen LogP contribution is -2.10. The first kappa shape index (κ1) is 15.8. The predicted molar refractivity (Wildman–Crippen MR) is 90.0 cm³/mol. The second-order valence-corrected chi connectivity index (χ2v) is 6.16. The summed E-state index contributed by atoms with van der Waals surface area (Å²) in [6.07, 6.45) is 0. The molecule has 2 rings (SSSR count). The summed E-state index contributed by atoms with van der Waals surface area (Å²) >= 11 is 0. The average Bonchev–Trinajstić information content (AvgIpc) is 2.48. The van der Waals surface area contributed by atoms with Crippen molar-refractivity contribution in [1.29, 1.82) is 0 Å². The summed E-state index contributed by atoms with van der Waals surface area (Å²) in [7, 11) is 0. The van der Waals surface area contributed by atoms with Crippen LogP contribution in [0.5, 0.6) is 0 Å². The highest BCUT2D eigenvalue weighted by Gasteiger charge is 2.09. The normalized spacial score (nSPS) is 13.9. The molecule has 0 aliphatic carbocycles. The number of hydrogen-bond acceptors (Lipinski definition) is 1. The van der Waals surface area contributed by atoms with Crippen LogP contribution in [0.4, 0.5) is 0 Å². The third-order valence-corrected chi connectivity index (χ3v) is 4.03. The Morgan fingerprint density at radius 2 is 1.00 bits per heavy atom. The molecular weight excluding hydrogens is 256 g/mol. The van der Waals surface area contributed by atoms with Crippen LogP contribution in [0.15, 0.2) is 48.5 Å². The van der Waals surface area contributed by atoms with Crippen molar-refractivity contribution >= 4 is 0 Å². The molecule has 112 valence electrons. The minimum Gasteiger partial charge on any atom is -0.380 e. The molecule has 2 unspecified atom stereocenters. The molecule has 0 saturated carbocycles. The third kappa shape index (κ3) is 4.71. The first-order valence-corrected chi connectivity index (χ1v) is 7.77. The fourth-order valence-electron chi connectivity index (χ4n) is 2.40. The van der Waals surface area contributed by atoms with E-state index in [-0.39, 0.29) is 0 Å². The lowest BCUT2D eigenvalue weighted by atomic mass is 10.00. The molecule has 2 aromatic rings. The van der Waals surface area contributed by atoms with Crippen molar-refractivity contribution in [3.63, 3.8) is 0 Å². The van der Waals surface area contributed by atoms with Gasteiger partial charge in [-0.3, -0.25) is 0 Å². The van der Waals surface area contributed by atoms with Gasteiger partial charge in [0.05, 0.1) is 13.2 Å². The predicted octanol–water partition coefficient (Wildman–Crippen LogP) is 5.23. The molecule has 0 bridgehead atoms. The molecule has 1 heteroatoms. The van der Waals surface area contributed by atoms with Crippen LogP contribution in [-0.4, -0.2) is 13.2 Å². The standard InChI is InChI=1S/C20H26O/c1-15-5-9-19(10-6-15)17(3)13-21-14-18(4)20-11-7-16(2)8-12-20/h5-12,17-18H,13-14H2,1-4H3.